The number of amidine groups is 1. The SMILES string of the molecule is CN(C=N)C(=N)C(c1cccc(-c2n[nH]c3c(CNC4CCC4O)nc(C(F)(F)F)cc23)c1)C1CCC1. The molecular formula is C26H30F3N7O. The summed E-state index contributed by atoms with van der Waals surface area (Å²) in [5.41, 5.74) is 1.52. The van der Waals surface area contributed by atoms with Crippen LogP contribution in [0.4, 0.5) is 13.2 Å². The van der Waals surface area contributed by atoms with E-state index in [1.54, 1.807) is 13.1 Å². The molecule has 0 amide bonds. The summed E-state index contributed by atoms with van der Waals surface area (Å²) in [5, 5.41) is 36.8. The van der Waals surface area contributed by atoms with Gasteiger partial charge in [-0.3, -0.25) is 15.9 Å². The molecule has 2 fully saturated rings. The molecule has 2 aliphatic carbocycles. The van der Waals surface area contributed by atoms with Crippen LogP contribution in [0.25, 0.3) is 22.2 Å². The lowest BCUT2D eigenvalue weighted by Gasteiger charge is -2.36. The Hall–Kier alpha value is -3.31. The van der Waals surface area contributed by atoms with Crippen molar-refractivity contribution in [2.45, 2.75) is 62.9 Å². The van der Waals surface area contributed by atoms with Gasteiger partial charge in [-0.05, 0) is 49.3 Å². The van der Waals surface area contributed by atoms with E-state index in [0.29, 0.717) is 34.4 Å². The van der Waals surface area contributed by atoms with E-state index in [4.69, 9.17) is 10.8 Å². The number of aromatic nitrogens is 3. The van der Waals surface area contributed by atoms with Gasteiger partial charge in [0.2, 0.25) is 0 Å². The first kappa shape index (κ1) is 25.3. The number of likely N-dealkylation sites (N-methyl/N-ethyl adjacent to an activating group) is 1. The molecule has 3 aromatic rings. The Morgan fingerprint density at radius 2 is 2.05 bits per heavy atom. The second-order valence-electron chi connectivity index (χ2n) is 10.00. The van der Waals surface area contributed by atoms with Gasteiger partial charge in [0.25, 0.3) is 0 Å². The molecule has 0 aliphatic heterocycles. The van der Waals surface area contributed by atoms with Crippen molar-refractivity contribution in [3.63, 3.8) is 0 Å². The van der Waals surface area contributed by atoms with Crippen molar-refractivity contribution in [2.75, 3.05) is 7.05 Å². The smallest absolute Gasteiger partial charge is 0.392 e. The molecule has 0 bridgehead atoms. The number of pyridine rings is 1. The zero-order chi connectivity index (χ0) is 26.3. The number of nitrogens with zero attached hydrogens (tertiary/aromatic N) is 3. The van der Waals surface area contributed by atoms with Crippen LogP contribution in [0.5, 0.6) is 0 Å². The molecule has 11 heteroatoms. The molecular weight excluding hydrogens is 483 g/mol. The number of hydrogen-bond donors (Lipinski definition) is 5. The Kier molecular flexibility index (Phi) is 6.76. The number of H-pyrrole nitrogens is 1. The number of fused-ring (bicyclic) bond motifs is 1. The summed E-state index contributed by atoms with van der Waals surface area (Å²) >= 11 is 0. The molecule has 196 valence electrons. The number of aliphatic hydroxyl groups excluding tert-OH is 1. The van der Waals surface area contributed by atoms with Crippen molar-refractivity contribution in [1.29, 1.82) is 10.8 Å². The summed E-state index contributed by atoms with van der Waals surface area (Å²) in [4.78, 5) is 5.36. The predicted octanol–water partition coefficient (Wildman–Crippen LogP) is 4.66. The number of alkyl halides is 3. The molecule has 5 rings (SSSR count). The highest BCUT2D eigenvalue weighted by molar-refractivity contribution is 5.96. The van der Waals surface area contributed by atoms with Gasteiger partial charge in [-0.25, -0.2) is 4.98 Å². The third-order valence-corrected chi connectivity index (χ3v) is 7.70. The highest BCUT2D eigenvalue weighted by Crippen LogP contribution is 2.42. The molecule has 0 saturated heterocycles. The quantitative estimate of drug-likeness (QED) is 0.221. The van der Waals surface area contributed by atoms with Crippen molar-refractivity contribution in [2.24, 2.45) is 5.92 Å². The minimum atomic E-state index is -4.63. The zero-order valence-corrected chi connectivity index (χ0v) is 20.4. The maximum atomic E-state index is 13.8. The van der Waals surface area contributed by atoms with Gasteiger partial charge in [-0.15, -0.1) is 0 Å². The van der Waals surface area contributed by atoms with E-state index in [9.17, 15) is 18.3 Å². The molecule has 0 radical (unpaired) electrons. The van der Waals surface area contributed by atoms with Crippen LogP contribution in [-0.2, 0) is 12.7 Å². The van der Waals surface area contributed by atoms with E-state index in [1.165, 1.54) is 4.90 Å². The van der Waals surface area contributed by atoms with E-state index in [0.717, 1.165) is 43.7 Å². The normalized spacial score (nSPS) is 20.8. The molecule has 0 spiro atoms. The highest BCUT2D eigenvalue weighted by atomic mass is 19.4. The van der Waals surface area contributed by atoms with Crippen LogP contribution in [0.3, 0.4) is 0 Å². The maximum Gasteiger partial charge on any atom is 0.433 e. The Morgan fingerprint density at radius 1 is 1.27 bits per heavy atom. The van der Waals surface area contributed by atoms with E-state index < -0.39 is 18.0 Å². The molecule has 3 unspecified atom stereocenters. The van der Waals surface area contributed by atoms with Crippen LogP contribution >= 0.6 is 0 Å². The predicted molar refractivity (Wildman–Crippen MR) is 135 cm³/mol. The van der Waals surface area contributed by atoms with Crippen LogP contribution in [0, 0.1) is 16.7 Å². The van der Waals surface area contributed by atoms with Crippen LogP contribution in [-0.4, -0.2) is 56.6 Å². The van der Waals surface area contributed by atoms with Crippen molar-refractivity contribution in [3.8, 4) is 11.3 Å². The summed E-state index contributed by atoms with van der Waals surface area (Å²) < 4.78 is 41.3. The topological polar surface area (TPSA) is 125 Å². The fourth-order valence-electron chi connectivity index (χ4n) is 5.12. The molecule has 2 heterocycles. The molecule has 2 aromatic heterocycles. The van der Waals surface area contributed by atoms with Crippen LogP contribution in [0.15, 0.2) is 30.3 Å². The average molecular weight is 514 g/mol. The minimum absolute atomic E-state index is 0.0701. The van der Waals surface area contributed by atoms with Gasteiger partial charge in [0, 0.05) is 36.5 Å². The minimum Gasteiger partial charge on any atom is -0.392 e. The molecule has 8 nitrogen and oxygen atoms in total. The summed E-state index contributed by atoms with van der Waals surface area (Å²) in [6.07, 6.45) is 0.476. The molecule has 2 saturated carbocycles. The maximum absolute atomic E-state index is 13.8. The van der Waals surface area contributed by atoms with E-state index in [2.05, 4.69) is 20.5 Å². The first-order valence-electron chi connectivity index (χ1n) is 12.5. The largest absolute Gasteiger partial charge is 0.433 e. The summed E-state index contributed by atoms with van der Waals surface area (Å²) in [6, 6.07) is 8.31. The third kappa shape index (κ3) is 4.85. The number of aliphatic hydroxyl groups is 1. The van der Waals surface area contributed by atoms with Crippen molar-refractivity contribution < 1.29 is 18.3 Å². The van der Waals surface area contributed by atoms with Gasteiger partial charge in [0.15, 0.2) is 0 Å². The van der Waals surface area contributed by atoms with Gasteiger partial charge in [0.05, 0.1) is 23.7 Å². The Bertz CT molecular complexity index is 1320. The fraction of sp³-hybridized carbons (Fsp3) is 0.462. The standard InChI is InChI=1S/C26H30F3N7O/c1-36(13-30)25(31)22(14-4-2-5-14)15-6-3-7-16(10-15)23-17-11-21(26(27,28)29)33-19(24(17)35-34-23)12-32-18-8-9-20(18)37/h3,6-7,10-11,13-14,18,20,22,30-32,37H,2,4-5,8-9,12H2,1H3,(H,34,35). The molecule has 5 N–H and O–H groups in total. The second kappa shape index (κ2) is 9.86. The number of hydrogen-bond acceptors (Lipinski definition) is 6. The van der Waals surface area contributed by atoms with E-state index >= 15 is 0 Å². The number of aromatic amines is 1. The third-order valence-electron chi connectivity index (χ3n) is 7.70. The first-order valence-corrected chi connectivity index (χ1v) is 12.5. The van der Waals surface area contributed by atoms with Crippen LogP contribution < -0.4 is 5.32 Å². The Balaban J connectivity index is 1.55. The lowest BCUT2D eigenvalue weighted by Crippen LogP contribution is -2.47. The zero-order valence-electron chi connectivity index (χ0n) is 20.4. The number of rotatable bonds is 8. The van der Waals surface area contributed by atoms with E-state index in [1.807, 2.05) is 18.2 Å². The van der Waals surface area contributed by atoms with Gasteiger partial charge in [-0.2, -0.15) is 18.3 Å². The van der Waals surface area contributed by atoms with Gasteiger partial charge in [0.1, 0.15) is 17.2 Å². The lowest BCUT2D eigenvalue weighted by molar-refractivity contribution is -0.141. The highest BCUT2D eigenvalue weighted by Gasteiger charge is 2.36. The first-order chi connectivity index (χ1) is 17.7. The number of benzene rings is 1. The van der Waals surface area contributed by atoms with Crippen molar-refractivity contribution in [1.82, 2.24) is 25.4 Å². The molecule has 37 heavy (non-hydrogen) atoms. The molecule has 3 atom stereocenters. The van der Waals surface area contributed by atoms with Crippen molar-refractivity contribution >= 4 is 23.1 Å². The monoisotopic (exact) mass is 513 g/mol. The van der Waals surface area contributed by atoms with Crippen LogP contribution in [0.2, 0.25) is 0 Å². The second-order valence-corrected chi connectivity index (χ2v) is 10.00. The number of halogens is 3. The Morgan fingerprint density at radius 3 is 2.65 bits per heavy atom. The van der Waals surface area contributed by atoms with Crippen molar-refractivity contribution in [3.05, 3.63) is 47.3 Å². The van der Waals surface area contributed by atoms with E-state index in [-0.39, 0.29) is 30.1 Å². The van der Waals surface area contributed by atoms with Crippen LogP contribution in [0.1, 0.15) is 55.0 Å². The summed E-state index contributed by atoms with van der Waals surface area (Å²) in [5.74, 6) is 0.382. The van der Waals surface area contributed by atoms with Gasteiger partial charge < -0.3 is 15.3 Å². The van der Waals surface area contributed by atoms with Gasteiger partial charge >= 0.3 is 6.18 Å². The molecule has 2 aliphatic rings. The molecule has 1 aromatic carbocycles. The summed E-state index contributed by atoms with van der Waals surface area (Å²) in [7, 11) is 1.68. The Labute approximate surface area is 212 Å². The fourth-order valence-corrected chi connectivity index (χ4v) is 5.12. The van der Waals surface area contributed by atoms with Gasteiger partial charge in [-0.1, -0.05) is 24.6 Å². The summed E-state index contributed by atoms with van der Waals surface area (Å²) in [6.45, 7) is 0.0701. The number of nitrogens with one attached hydrogen (secondary N) is 4. The lowest BCUT2D eigenvalue weighted by atomic mass is 9.72. The average Bonchev–Trinajstić information content (AvgIpc) is 3.28.